The van der Waals surface area contributed by atoms with E-state index in [2.05, 4.69) is 30.5 Å². The maximum absolute atomic E-state index is 11.2. The molecule has 0 saturated carbocycles. The number of esters is 1. The number of carbonyl (C=O) groups is 1. The number of methoxy groups -OCH3 is 1. The van der Waals surface area contributed by atoms with Crippen LogP contribution in [0.3, 0.4) is 0 Å². The minimum Gasteiger partial charge on any atom is -0.465 e. The lowest BCUT2D eigenvalue weighted by Gasteiger charge is -2.15. The molecule has 15 heavy (non-hydrogen) atoms. The molecule has 0 amide bonds. The summed E-state index contributed by atoms with van der Waals surface area (Å²) in [4.78, 5) is 15.9. The number of thioether (sulfide) groups is 1. The van der Waals surface area contributed by atoms with E-state index in [1.807, 2.05) is 11.8 Å². The van der Waals surface area contributed by atoms with Crippen LogP contribution >= 0.6 is 23.1 Å². The van der Waals surface area contributed by atoms with Crippen LogP contribution in [-0.4, -0.2) is 22.8 Å². The first-order chi connectivity index (χ1) is 6.92. The number of carbonyl (C=O) groups excluding carboxylic acids is 1. The SMILES string of the molecule is COC(=O)c1cnc(CSC(C)(C)C)s1. The molecule has 0 aliphatic carbocycles. The molecule has 0 aliphatic rings. The molecule has 0 spiro atoms. The van der Waals surface area contributed by atoms with Crippen molar-refractivity contribution >= 4 is 29.1 Å². The van der Waals surface area contributed by atoms with Gasteiger partial charge in [0.25, 0.3) is 0 Å². The summed E-state index contributed by atoms with van der Waals surface area (Å²) < 4.78 is 4.84. The molecule has 0 N–H and O–H groups in total. The lowest BCUT2D eigenvalue weighted by molar-refractivity contribution is 0.0606. The van der Waals surface area contributed by atoms with Crippen molar-refractivity contribution in [2.45, 2.75) is 31.3 Å². The van der Waals surface area contributed by atoms with Gasteiger partial charge in [0.1, 0.15) is 9.88 Å². The van der Waals surface area contributed by atoms with Gasteiger partial charge in [0.05, 0.1) is 13.3 Å². The minimum absolute atomic E-state index is 0.219. The zero-order chi connectivity index (χ0) is 11.5. The van der Waals surface area contributed by atoms with Crippen LogP contribution in [0, 0.1) is 0 Å². The van der Waals surface area contributed by atoms with E-state index in [9.17, 15) is 4.79 Å². The summed E-state index contributed by atoms with van der Waals surface area (Å²) in [6, 6.07) is 0. The predicted molar refractivity (Wildman–Crippen MR) is 64.5 cm³/mol. The fourth-order valence-electron chi connectivity index (χ4n) is 0.850. The number of ether oxygens (including phenoxy) is 1. The van der Waals surface area contributed by atoms with E-state index >= 15 is 0 Å². The third-order valence-electron chi connectivity index (χ3n) is 1.57. The molecule has 0 fully saturated rings. The molecular weight excluding hydrogens is 230 g/mol. The molecule has 84 valence electrons. The topological polar surface area (TPSA) is 39.2 Å². The van der Waals surface area contributed by atoms with Crippen molar-refractivity contribution in [2.75, 3.05) is 7.11 Å². The van der Waals surface area contributed by atoms with Crippen LogP contribution in [0.15, 0.2) is 6.20 Å². The third-order valence-corrected chi connectivity index (χ3v) is 4.01. The van der Waals surface area contributed by atoms with Crippen LogP contribution in [0.5, 0.6) is 0 Å². The highest BCUT2D eigenvalue weighted by molar-refractivity contribution is 7.99. The zero-order valence-electron chi connectivity index (χ0n) is 9.36. The van der Waals surface area contributed by atoms with Gasteiger partial charge in [-0.15, -0.1) is 23.1 Å². The predicted octanol–water partition coefficient (Wildman–Crippen LogP) is 2.96. The van der Waals surface area contributed by atoms with Gasteiger partial charge in [0, 0.05) is 10.5 Å². The molecule has 0 atom stereocenters. The first-order valence-corrected chi connectivity index (χ1v) is 6.39. The molecule has 0 unspecified atom stereocenters. The number of aromatic nitrogens is 1. The van der Waals surface area contributed by atoms with E-state index in [0.29, 0.717) is 4.88 Å². The van der Waals surface area contributed by atoms with Gasteiger partial charge in [0.2, 0.25) is 0 Å². The monoisotopic (exact) mass is 245 g/mol. The van der Waals surface area contributed by atoms with Crippen molar-refractivity contribution < 1.29 is 9.53 Å². The molecular formula is C10H15NO2S2. The summed E-state index contributed by atoms with van der Waals surface area (Å²) in [7, 11) is 1.38. The molecule has 0 aromatic carbocycles. The first-order valence-electron chi connectivity index (χ1n) is 4.59. The average Bonchev–Trinajstić information content (AvgIpc) is 2.61. The molecule has 5 heteroatoms. The van der Waals surface area contributed by atoms with E-state index in [1.54, 1.807) is 6.20 Å². The molecule has 1 aromatic rings. The Bertz CT molecular complexity index is 341. The fraction of sp³-hybridized carbons (Fsp3) is 0.600. The second-order valence-electron chi connectivity index (χ2n) is 4.01. The highest BCUT2D eigenvalue weighted by Crippen LogP contribution is 2.28. The lowest BCUT2D eigenvalue weighted by atomic mass is 10.3. The Kier molecular flexibility index (Phi) is 4.16. The van der Waals surface area contributed by atoms with Crippen molar-refractivity contribution in [3.63, 3.8) is 0 Å². The molecule has 0 aliphatic heterocycles. The average molecular weight is 245 g/mol. The van der Waals surface area contributed by atoms with Crippen molar-refractivity contribution in [1.29, 1.82) is 0 Å². The second kappa shape index (κ2) is 4.99. The highest BCUT2D eigenvalue weighted by Gasteiger charge is 2.14. The number of hydrogen-bond acceptors (Lipinski definition) is 5. The van der Waals surface area contributed by atoms with E-state index in [-0.39, 0.29) is 10.7 Å². The van der Waals surface area contributed by atoms with Crippen molar-refractivity contribution in [2.24, 2.45) is 0 Å². The van der Waals surface area contributed by atoms with Crippen LogP contribution in [0.1, 0.15) is 35.5 Å². The maximum atomic E-state index is 11.2. The van der Waals surface area contributed by atoms with Crippen molar-refractivity contribution in [3.05, 3.63) is 16.1 Å². The van der Waals surface area contributed by atoms with Gasteiger partial charge >= 0.3 is 5.97 Å². The van der Waals surface area contributed by atoms with E-state index in [4.69, 9.17) is 0 Å². The Morgan fingerprint density at radius 1 is 1.60 bits per heavy atom. The largest absolute Gasteiger partial charge is 0.465 e. The van der Waals surface area contributed by atoms with Gasteiger partial charge in [-0.1, -0.05) is 20.8 Å². The van der Waals surface area contributed by atoms with Gasteiger partial charge in [-0.2, -0.15) is 0 Å². The van der Waals surface area contributed by atoms with Gasteiger partial charge < -0.3 is 4.74 Å². The molecule has 1 aromatic heterocycles. The number of rotatable bonds is 3. The zero-order valence-corrected chi connectivity index (χ0v) is 11.0. The fourth-order valence-corrected chi connectivity index (χ4v) is 2.53. The Hall–Kier alpha value is -0.550. The second-order valence-corrected chi connectivity index (χ2v) is 6.93. The van der Waals surface area contributed by atoms with Gasteiger partial charge in [-0.05, 0) is 0 Å². The summed E-state index contributed by atoms with van der Waals surface area (Å²) >= 11 is 3.21. The number of thiazole rings is 1. The molecule has 1 rings (SSSR count). The maximum Gasteiger partial charge on any atom is 0.349 e. The minimum atomic E-state index is -0.306. The van der Waals surface area contributed by atoms with E-state index in [0.717, 1.165) is 10.8 Å². The molecule has 1 heterocycles. The molecule has 0 saturated heterocycles. The molecule has 0 radical (unpaired) electrons. The smallest absolute Gasteiger partial charge is 0.349 e. The van der Waals surface area contributed by atoms with Crippen molar-refractivity contribution in [1.82, 2.24) is 4.98 Å². The highest BCUT2D eigenvalue weighted by atomic mass is 32.2. The first kappa shape index (κ1) is 12.5. The lowest BCUT2D eigenvalue weighted by Crippen LogP contribution is -2.07. The van der Waals surface area contributed by atoms with E-state index in [1.165, 1.54) is 18.4 Å². The Balaban J connectivity index is 2.57. The van der Waals surface area contributed by atoms with Crippen LogP contribution < -0.4 is 0 Å². The quantitative estimate of drug-likeness (QED) is 0.767. The Labute approximate surface area is 98.2 Å². The number of hydrogen-bond donors (Lipinski definition) is 0. The van der Waals surface area contributed by atoms with E-state index < -0.39 is 0 Å². The molecule has 3 nitrogen and oxygen atoms in total. The van der Waals surface area contributed by atoms with Crippen molar-refractivity contribution in [3.8, 4) is 0 Å². The number of nitrogens with zero attached hydrogens (tertiary/aromatic N) is 1. The summed E-state index contributed by atoms with van der Waals surface area (Å²) in [6.07, 6.45) is 1.58. The standard InChI is InChI=1S/C10H15NO2S2/c1-10(2,3)14-6-8-11-5-7(15-8)9(12)13-4/h5H,6H2,1-4H3. The van der Waals surface area contributed by atoms with Crippen LogP contribution in [-0.2, 0) is 10.5 Å². The summed E-state index contributed by atoms with van der Waals surface area (Å²) in [6.45, 7) is 6.48. The van der Waals surface area contributed by atoms with Crippen LogP contribution in [0.25, 0.3) is 0 Å². The third kappa shape index (κ3) is 4.22. The normalized spacial score (nSPS) is 11.5. The van der Waals surface area contributed by atoms with Crippen LogP contribution in [0.4, 0.5) is 0 Å². The summed E-state index contributed by atoms with van der Waals surface area (Å²) in [5.74, 6) is 0.532. The Morgan fingerprint density at radius 3 is 2.80 bits per heavy atom. The molecule has 0 bridgehead atoms. The van der Waals surface area contributed by atoms with Gasteiger partial charge in [-0.3, -0.25) is 0 Å². The summed E-state index contributed by atoms with van der Waals surface area (Å²) in [5.41, 5.74) is 0. The Morgan fingerprint density at radius 2 is 2.27 bits per heavy atom. The van der Waals surface area contributed by atoms with Crippen LogP contribution in [0.2, 0.25) is 0 Å². The van der Waals surface area contributed by atoms with Gasteiger partial charge in [-0.25, -0.2) is 9.78 Å². The summed E-state index contributed by atoms with van der Waals surface area (Å²) in [5, 5.41) is 0.968. The van der Waals surface area contributed by atoms with Gasteiger partial charge in [0.15, 0.2) is 0 Å².